The molecule has 0 heterocycles. The van der Waals surface area contributed by atoms with E-state index >= 15 is 0 Å². The maximum absolute atomic E-state index is 12.1. The van der Waals surface area contributed by atoms with Crippen molar-refractivity contribution >= 4 is 18.2 Å². The van der Waals surface area contributed by atoms with E-state index in [1.165, 1.54) is 0 Å². The molecule has 4 heteroatoms. The first-order chi connectivity index (χ1) is 10.6. The van der Waals surface area contributed by atoms with E-state index < -0.39 is 6.10 Å². The number of nitrogens with one attached hydrogen (secondary N) is 1. The number of ketones is 1. The Morgan fingerprint density at radius 3 is 2.30 bits per heavy atom. The highest BCUT2D eigenvalue weighted by Crippen LogP contribution is 2.16. The van der Waals surface area contributed by atoms with E-state index in [9.17, 15) is 9.90 Å². The Balaban J connectivity index is 0.00000264. The predicted molar refractivity (Wildman–Crippen MR) is 96.2 cm³/mol. The molecule has 0 aromatic heterocycles. The van der Waals surface area contributed by atoms with Gasteiger partial charge < -0.3 is 10.4 Å². The van der Waals surface area contributed by atoms with Gasteiger partial charge >= 0.3 is 0 Å². The van der Waals surface area contributed by atoms with Gasteiger partial charge in [-0.3, -0.25) is 4.79 Å². The molecule has 0 aliphatic rings. The Morgan fingerprint density at radius 1 is 1.09 bits per heavy atom. The third kappa shape index (κ3) is 5.79. The van der Waals surface area contributed by atoms with Crippen LogP contribution in [0.3, 0.4) is 0 Å². The molecule has 0 radical (unpaired) electrons. The lowest BCUT2D eigenvalue weighted by Crippen LogP contribution is -2.33. The monoisotopic (exact) mass is 333 g/mol. The van der Waals surface area contributed by atoms with E-state index in [4.69, 9.17) is 0 Å². The van der Waals surface area contributed by atoms with Crippen LogP contribution in [0.1, 0.15) is 40.9 Å². The summed E-state index contributed by atoms with van der Waals surface area (Å²) in [5.74, 6) is 0.119. The molecule has 2 atom stereocenters. The van der Waals surface area contributed by atoms with Crippen molar-refractivity contribution in [2.45, 2.75) is 32.4 Å². The summed E-state index contributed by atoms with van der Waals surface area (Å²) in [6.45, 7) is 4.48. The van der Waals surface area contributed by atoms with Crippen LogP contribution in [-0.4, -0.2) is 23.5 Å². The van der Waals surface area contributed by atoms with Crippen LogP contribution in [0.4, 0.5) is 0 Å². The predicted octanol–water partition coefficient (Wildman–Crippen LogP) is 3.70. The molecule has 0 aliphatic carbocycles. The maximum atomic E-state index is 12.1. The number of hydrogen-bond donors (Lipinski definition) is 2. The van der Waals surface area contributed by atoms with Gasteiger partial charge in [0.2, 0.25) is 0 Å². The SMILES string of the molecule is Cc1ccc(C(=O)CCN[C@H](C)[C@@H](O)c2ccccc2)cc1.Cl. The van der Waals surface area contributed by atoms with E-state index in [0.717, 1.165) is 16.7 Å². The molecular formula is C19H24ClNO2. The molecule has 2 aromatic carbocycles. The van der Waals surface area contributed by atoms with Crippen molar-refractivity contribution in [3.05, 3.63) is 71.3 Å². The number of Topliss-reactive ketones (excluding diaryl/α,β-unsaturated/α-hetero) is 1. The van der Waals surface area contributed by atoms with Crippen LogP contribution >= 0.6 is 12.4 Å². The van der Waals surface area contributed by atoms with Crippen LogP contribution in [0.25, 0.3) is 0 Å². The number of aryl methyl sites for hydroxylation is 1. The summed E-state index contributed by atoms with van der Waals surface area (Å²) in [4.78, 5) is 12.1. The molecule has 124 valence electrons. The van der Waals surface area contributed by atoms with Crippen LogP contribution < -0.4 is 5.32 Å². The van der Waals surface area contributed by atoms with E-state index in [0.29, 0.717) is 13.0 Å². The summed E-state index contributed by atoms with van der Waals surface area (Å²) in [5, 5.41) is 13.5. The average Bonchev–Trinajstić information content (AvgIpc) is 2.55. The first kappa shape index (κ1) is 19.4. The Kier molecular flexibility index (Phi) is 7.96. The lowest BCUT2D eigenvalue weighted by molar-refractivity contribution is 0.0972. The van der Waals surface area contributed by atoms with Crippen molar-refractivity contribution < 1.29 is 9.90 Å². The highest BCUT2D eigenvalue weighted by molar-refractivity contribution is 5.96. The van der Waals surface area contributed by atoms with Crippen molar-refractivity contribution in [2.24, 2.45) is 0 Å². The lowest BCUT2D eigenvalue weighted by atomic mass is 10.0. The van der Waals surface area contributed by atoms with Gasteiger partial charge in [-0.15, -0.1) is 12.4 Å². The molecule has 0 fully saturated rings. The largest absolute Gasteiger partial charge is 0.387 e. The topological polar surface area (TPSA) is 49.3 Å². The molecule has 2 aromatic rings. The van der Waals surface area contributed by atoms with Crippen molar-refractivity contribution in [1.29, 1.82) is 0 Å². The van der Waals surface area contributed by atoms with Crippen LogP contribution in [0, 0.1) is 6.92 Å². The summed E-state index contributed by atoms with van der Waals surface area (Å²) >= 11 is 0. The molecule has 0 unspecified atom stereocenters. The van der Waals surface area contributed by atoms with Crippen LogP contribution in [0.15, 0.2) is 54.6 Å². The number of aliphatic hydroxyl groups excluding tert-OH is 1. The van der Waals surface area contributed by atoms with Gasteiger partial charge in [-0.1, -0.05) is 60.2 Å². The van der Waals surface area contributed by atoms with E-state index in [1.54, 1.807) is 0 Å². The smallest absolute Gasteiger partial charge is 0.164 e. The molecule has 0 amide bonds. The standard InChI is InChI=1S/C19H23NO2.ClH/c1-14-8-10-16(11-9-14)18(21)12-13-20-15(2)19(22)17-6-4-3-5-7-17;/h3-11,15,19-20,22H,12-13H2,1-2H3;1H/t15-,19-;/m1./s1. The molecule has 0 aliphatic heterocycles. The minimum Gasteiger partial charge on any atom is -0.387 e. The normalized spacial score (nSPS) is 13.0. The molecule has 3 nitrogen and oxygen atoms in total. The third-order valence-electron chi connectivity index (χ3n) is 3.81. The summed E-state index contributed by atoms with van der Waals surface area (Å²) in [6.07, 6.45) is -0.148. The molecule has 2 rings (SSSR count). The first-order valence-corrected chi connectivity index (χ1v) is 7.64. The number of benzene rings is 2. The van der Waals surface area contributed by atoms with Gasteiger partial charge in [0.05, 0.1) is 6.10 Å². The van der Waals surface area contributed by atoms with E-state index in [2.05, 4.69) is 5.32 Å². The van der Waals surface area contributed by atoms with Crippen molar-refractivity contribution in [2.75, 3.05) is 6.54 Å². The Hall–Kier alpha value is -1.68. The molecule has 0 bridgehead atoms. The number of halogens is 1. The highest BCUT2D eigenvalue weighted by atomic mass is 35.5. The summed E-state index contributed by atoms with van der Waals surface area (Å²) in [5.41, 5.74) is 2.77. The molecule has 0 spiro atoms. The number of carbonyl (C=O) groups is 1. The van der Waals surface area contributed by atoms with Crippen molar-refractivity contribution in [3.63, 3.8) is 0 Å². The van der Waals surface area contributed by atoms with Crippen molar-refractivity contribution in [1.82, 2.24) is 5.32 Å². The summed E-state index contributed by atoms with van der Waals surface area (Å²) < 4.78 is 0. The minimum absolute atomic E-state index is 0. The molecule has 0 saturated heterocycles. The minimum atomic E-state index is -0.573. The van der Waals surface area contributed by atoms with E-state index in [1.807, 2.05) is 68.4 Å². The second-order valence-corrected chi connectivity index (χ2v) is 5.64. The van der Waals surface area contributed by atoms with Gasteiger partial charge in [-0.05, 0) is 19.4 Å². The molecule has 2 N–H and O–H groups in total. The zero-order valence-corrected chi connectivity index (χ0v) is 14.3. The number of aliphatic hydroxyl groups is 1. The van der Waals surface area contributed by atoms with Crippen molar-refractivity contribution in [3.8, 4) is 0 Å². The quantitative estimate of drug-likeness (QED) is 0.759. The summed E-state index contributed by atoms with van der Waals surface area (Å²) in [6, 6.07) is 17.1. The highest BCUT2D eigenvalue weighted by Gasteiger charge is 2.15. The second kappa shape index (κ2) is 9.46. The summed E-state index contributed by atoms with van der Waals surface area (Å²) in [7, 11) is 0. The number of hydrogen-bond acceptors (Lipinski definition) is 3. The average molecular weight is 334 g/mol. The Bertz CT molecular complexity index is 599. The molecule has 23 heavy (non-hydrogen) atoms. The molecule has 0 saturated carbocycles. The maximum Gasteiger partial charge on any atom is 0.164 e. The fourth-order valence-electron chi connectivity index (χ4n) is 2.35. The fourth-order valence-corrected chi connectivity index (χ4v) is 2.35. The zero-order chi connectivity index (χ0) is 15.9. The molecular weight excluding hydrogens is 310 g/mol. The third-order valence-corrected chi connectivity index (χ3v) is 3.81. The Labute approximate surface area is 144 Å². The van der Waals surface area contributed by atoms with Crippen LogP contribution in [0.5, 0.6) is 0 Å². The van der Waals surface area contributed by atoms with E-state index in [-0.39, 0.29) is 24.2 Å². The lowest BCUT2D eigenvalue weighted by Gasteiger charge is -2.20. The number of carbonyl (C=O) groups excluding carboxylic acids is 1. The van der Waals surface area contributed by atoms with Gasteiger partial charge in [0, 0.05) is 24.6 Å². The van der Waals surface area contributed by atoms with Gasteiger partial charge in [0.25, 0.3) is 0 Å². The fraction of sp³-hybridized carbons (Fsp3) is 0.316. The van der Waals surface area contributed by atoms with Gasteiger partial charge in [0.15, 0.2) is 5.78 Å². The zero-order valence-electron chi connectivity index (χ0n) is 13.5. The van der Waals surface area contributed by atoms with Gasteiger partial charge in [-0.25, -0.2) is 0 Å². The van der Waals surface area contributed by atoms with Crippen LogP contribution in [0.2, 0.25) is 0 Å². The van der Waals surface area contributed by atoms with Crippen LogP contribution in [-0.2, 0) is 0 Å². The second-order valence-electron chi connectivity index (χ2n) is 5.64. The number of rotatable bonds is 7. The Morgan fingerprint density at radius 2 is 1.70 bits per heavy atom. The van der Waals surface area contributed by atoms with Gasteiger partial charge in [-0.2, -0.15) is 0 Å². The first-order valence-electron chi connectivity index (χ1n) is 7.64. The van der Waals surface area contributed by atoms with Gasteiger partial charge in [0.1, 0.15) is 0 Å².